The van der Waals surface area contributed by atoms with Gasteiger partial charge in [-0.1, -0.05) is 27.7 Å². The van der Waals surface area contributed by atoms with E-state index in [4.69, 9.17) is 0 Å². The van der Waals surface area contributed by atoms with E-state index in [-0.39, 0.29) is 5.41 Å². The van der Waals surface area contributed by atoms with E-state index in [0.717, 1.165) is 23.7 Å². The first-order valence-corrected chi connectivity index (χ1v) is 9.24. The van der Waals surface area contributed by atoms with Gasteiger partial charge in [-0.05, 0) is 13.5 Å². The van der Waals surface area contributed by atoms with Crippen molar-refractivity contribution < 1.29 is 8.42 Å². The Balaban J connectivity index is 3.21. The molecule has 4 nitrogen and oxygen atoms in total. The number of aromatic nitrogens is 1. The van der Waals surface area contributed by atoms with Crippen molar-refractivity contribution in [1.82, 2.24) is 10.3 Å². The first kappa shape index (κ1) is 16.6. The molecule has 1 atom stereocenters. The standard InChI is InChI=1S/C13H24N2O2S2/c1-7-14-8-10-11(13(3,4)5)15-12(18-10)9(2)19(6,16)17/h9,14H,7-8H2,1-6H3. The highest BCUT2D eigenvalue weighted by atomic mass is 32.2. The SMILES string of the molecule is CCNCc1sc(C(C)S(C)(=O)=O)nc1C(C)(C)C. The molecule has 0 aliphatic carbocycles. The van der Waals surface area contributed by atoms with Crippen LogP contribution in [0.2, 0.25) is 0 Å². The molecule has 0 saturated heterocycles. The molecule has 1 aromatic heterocycles. The average Bonchev–Trinajstić information content (AvgIpc) is 2.67. The maximum atomic E-state index is 11.7. The maximum Gasteiger partial charge on any atom is 0.156 e. The second-order valence-electron chi connectivity index (χ2n) is 5.83. The van der Waals surface area contributed by atoms with E-state index < -0.39 is 15.1 Å². The van der Waals surface area contributed by atoms with Gasteiger partial charge in [0.1, 0.15) is 10.3 Å². The Morgan fingerprint density at radius 1 is 1.37 bits per heavy atom. The summed E-state index contributed by atoms with van der Waals surface area (Å²) in [6, 6.07) is 0. The van der Waals surface area contributed by atoms with Crippen LogP contribution >= 0.6 is 11.3 Å². The summed E-state index contributed by atoms with van der Waals surface area (Å²) in [5.41, 5.74) is 0.931. The van der Waals surface area contributed by atoms with Crippen LogP contribution in [0.25, 0.3) is 0 Å². The Bertz CT molecular complexity index is 527. The minimum Gasteiger partial charge on any atom is -0.312 e. The summed E-state index contributed by atoms with van der Waals surface area (Å²) in [7, 11) is -3.10. The van der Waals surface area contributed by atoms with E-state index in [9.17, 15) is 8.42 Å². The van der Waals surface area contributed by atoms with Gasteiger partial charge in [-0.3, -0.25) is 0 Å². The molecule has 0 aromatic carbocycles. The van der Waals surface area contributed by atoms with Crippen molar-refractivity contribution in [3.63, 3.8) is 0 Å². The fraction of sp³-hybridized carbons (Fsp3) is 0.769. The highest BCUT2D eigenvalue weighted by molar-refractivity contribution is 7.91. The summed E-state index contributed by atoms with van der Waals surface area (Å²) in [5, 5.41) is 3.45. The van der Waals surface area contributed by atoms with Crippen molar-refractivity contribution in [3.05, 3.63) is 15.6 Å². The fourth-order valence-electron chi connectivity index (χ4n) is 1.67. The van der Waals surface area contributed by atoms with Gasteiger partial charge in [0.2, 0.25) is 0 Å². The van der Waals surface area contributed by atoms with Gasteiger partial charge >= 0.3 is 0 Å². The lowest BCUT2D eigenvalue weighted by molar-refractivity contribution is 0.557. The zero-order valence-corrected chi connectivity index (χ0v) is 14.2. The molecular weight excluding hydrogens is 280 g/mol. The number of rotatable bonds is 5. The zero-order chi connectivity index (χ0) is 14.8. The molecule has 0 aliphatic rings. The lowest BCUT2D eigenvalue weighted by Gasteiger charge is -2.17. The largest absolute Gasteiger partial charge is 0.312 e. The molecule has 0 spiro atoms. The first-order valence-electron chi connectivity index (χ1n) is 6.47. The molecule has 1 unspecified atom stereocenters. The van der Waals surface area contributed by atoms with E-state index in [1.54, 1.807) is 6.92 Å². The third-order valence-corrected chi connectivity index (χ3v) is 5.84. The van der Waals surface area contributed by atoms with Gasteiger partial charge in [0.25, 0.3) is 0 Å². The molecule has 0 fully saturated rings. The number of sulfone groups is 1. The van der Waals surface area contributed by atoms with Crippen molar-refractivity contribution in [2.75, 3.05) is 12.8 Å². The normalized spacial score (nSPS) is 14.6. The summed E-state index contributed by atoms with van der Waals surface area (Å²) in [6.07, 6.45) is 1.26. The van der Waals surface area contributed by atoms with E-state index in [2.05, 4.69) is 38.0 Å². The fourth-order valence-corrected chi connectivity index (χ4v) is 3.94. The predicted molar refractivity (Wildman–Crippen MR) is 81.5 cm³/mol. The Kier molecular flexibility index (Phi) is 5.15. The molecule has 1 aromatic rings. The monoisotopic (exact) mass is 304 g/mol. The maximum absolute atomic E-state index is 11.7. The molecular formula is C13H24N2O2S2. The highest BCUT2D eigenvalue weighted by Gasteiger charge is 2.27. The van der Waals surface area contributed by atoms with E-state index >= 15 is 0 Å². The Hall–Kier alpha value is -0.460. The molecule has 0 amide bonds. The smallest absolute Gasteiger partial charge is 0.156 e. The van der Waals surface area contributed by atoms with Gasteiger partial charge in [-0.2, -0.15) is 0 Å². The van der Waals surface area contributed by atoms with Crippen molar-refractivity contribution in [1.29, 1.82) is 0 Å². The number of nitrogens with one attached hydrogen (secondary N) is 1. The summed E-state index contributed by atoms with van der Waals surface area (Å²) < 4.78 is 23.3. The second-order valence-corrected chi connectivity index (χ2v) is 9.31. The quantitative estimate of drug-likeness (QED) is 0.908. The average molecular weight is 304 g/mol. The summed E-state index contributed by atoms with van der Waals surface area (Å²) in [5.74, 6) is 0. The Morgan fingerprint density at radius 2 is 1.95 bits per heavy atom. The van der Waals surface area contributed by atoms with Crippen LogP contribution in [0, 0.1) is 0 Å². The molecule has 0 bridgehead atoms. The second kappa shape index (κ2) is 5.89. The molecule has 0 aliphatic heterocycles. The number of hydrogen-bond acceptors (Lipinski definition) is 5. The van der Waals surface area contributed by atoms with Gasteiger partial charge in [-0.25, -0.2) is 13.4 Å². The van der Waals surface area contributed by atoms with Crippen LogP contribution in [0.4, 0.5) is 0 Å². The molecule has 1 heterocycles. The molecule has 110 valence electrons. The van der Waals surface area contributed by atoms with Crippen LogP contribution in [-0.4, -0.2) is 26.2 Å². The van der Waals surface area contributed by atoms with Crippen molar-refractivity contribution in [2.24, 2.45) is 0 Å². The molecule has 1 N–H and O–H groups in total. The minimum absolute atomic E-state index is 0.0727. The Labute approximate surface area is 120 Å². The third kappa shape index (κ3) is 4.26. The van der Waals surface area contributed by atoms with Crippen LogP contribution in [0.3, 0.4) is 0 Å². The first-order chi connectivity index (χ1) is 8.57. The van der Waals surface area contributed by atoms with E-state index in [1.165, 1.54) is 17.6 Å². The van der Waals surface area contributed by atoms with Crippen LogP contribution < -0.4 is 5.32 Å². The van der Waals surface area contributed by atoms with Gasteiger partial charge in [-0.15, -0.1) is 11.3 Å². The van der Waals surface area contributed by atoms with Crippen LogP contribution in [-0.2, 0) is 21.8 Å². The zero-order valence-electron chi connectivity index (χ0n) is 12.6. The molecule has 0 saturated carbocycles. The minimum atomic E-state index is -3.10. The highest BCUT2D eigenvalue weighted by Crippen LogP contribution is 2.34. The van der Waals surface area contributed by atoms with Gasteiger partial charge in [0.15, 0.2) is 9.84 Å². The predicted octanol–water partition coefficient (Wildman–Crippen LogP) is 2.66. The summed E-state index contributed by atoms with van der Waals surface area (Å²) in [4.78, 5) is 5.74. The number of thiazole rings is 1. The van der Waals surface area contributed by atoms with E-state index in [1.807, 2.05) is 0 Å². The molecule has 6 heteroatoms. The molecule has 1 rings (SSSR count). The van der Waals surface area contributed by atoms with Gasteiger partial charge < -0.3 is 5.32 Å². The van der Waals surface area contributed by atoms with Crippen molar-refractivity contribution in [3.8, 4) is 0 Å². The number of hydrogen-bond donors (Lipinski definition) is 1. The molecule has 0 radical (unpaired) electrons. The topological polar surface area (TPSA) is 59.1 Å². The van der Waals surface area contributed by atoms with Crippen LogP contribution in [0.15, 0.2) is 0 Å². The Morgan fingerprint density at radius 3 is 2.37 bits per heavy atom. The lowest BCUT2D eigenvalue weighted by atomic mass is 9.91. The van der Waals surface area contributed by atoms with Crippen LogP contribution in [0.1, 0.15) is 55.4 Å². The number of nitrogens with zero attached hydrogens (tertiary/aromatic N) is 1. The van der Waals surface area contributed by atoms with Crippen molar-refractivity contribution in [2.45, 2.75) is 51.8 Å². The van der Waals surface area contributed by atoms with Crippen molar-refractivity contribution >= 4 is 21.2 Å². The molecule has 19 heavy (non-hydrogen) atoms. The van der Waals surface area contributed by atoms with Gasteiger partial charge in [0.05, 0.1) is 5.69 Å². The summed E-state index contributed by atoms with van der Waals surface area (Å²) >= 11 is 1.51. The van der Waals surface area contributed by atoms with Gasteiger partial charge in [0, 0.05) is 23.1 Å². The third-order valence-electron chi connectivity index (χ3n) is 2.95. The van der Waals surface area contributed by atoms with E-state index in [0.29, 0.717) is 5.01 Å². The lowest BCUT2D eigenvalue weighted by Crippen LogP contribution is -2.18. The summed E-state index contributed by atoms with van der Waals surface area (Å²) in [6.45, 7) is 11.7. The van der Waals surface area contributed by atoms with Crippen LogP contribution in [0.5, 0.6) is 0 Å².